The van der Waals surface area contributed by atoms with E-state index < -0.39 is 20.0 Å². The van der Waals surface area contributed by atoms with Gasteiger partial charge >= 0.3 is 0 Å². The largest absolute Gasteiger partial charge is 0.330 e. The molecule has 0 unspecified atom stereocenters. The van der Waals surface area contributed by atoms with Crippen LogP contribution in [0.1, 0.15) is 12.8 Å². The second-order valence-electron chi connectivity index (χ2n) is 3.38. The third kappa shape index (κ3) is 10.3. The molecule has 98 valence electrons. The van der Waals surface area contributed by atoms with Gasteiger partial charge in [-0.15, -0.1) is 0 Å². The van der Waals surface area contributed by atoms with E-state index in [9.17, 15) is 16.8 Å². The van der Waals surface area contributed by atoms with Gasteiger partial charge in [-0.25, -0.2) is 26.3 Å². The van der Waals surface area contributed by atoms with E-state index in [4.69, 9.17) is 5.73 Å². The van der Waals surface area contributed by atoms with Crippen molar-refractivity contribution in [1.82, 2.24) is 9.44 Å². The lowest BCUT2D eigenvalue weighted by molar-refractivity contribution is 0.570. The maximum Gasteiger partial charge on any atom is 0.211 e. The summed E-state index contributed by atoms with van der Waals surface area (Å²) in [6.07, 6.45) is 2.18. The quantitative estimate of drug-likeness (QED) is 0.428. The van der Waals surface area contributed by atoms with Gasteiger partial charge in [0.25, 0.3) is 0 Å². The van der Waals surface area contributed by atoms with Crippen LogP contribution in [0.4, 0.5) is 0 Å². The van der Waals surface area contributed by atoms with Crippen LogP contribution in [0.5, 0.6) is 0 Å². The second kappa shape index (κ2) is 7.17. The van der Waals surface area contributed by atoms with Crippen molar-refractivity contribution in [3.63, 3.8) is 0 Å². The highest BCUT2D eigenvalue weighted by Crippen LogP contribution is 1.92. The summed E-state index contributed by atoms with van der Waals surface area (Å²) in [5.41, 5.74) is 5.24. The molecule has 0 heterocycles. The summed E-state index contributed by atoms with van der Waals surface area (Å²) in [4.78, 5) is 0. The molecule has 0 aromatic carbocycles. The van der Waals surface area contributed by atoms with Crippen LogP contribution in [0, 0.1) is 0 Å². The van der Waals surface area contributed by atoms with Gasteiger partial charge in [0.05, 0.1) is 12.0 Å². The van der Waals surface area contributed by atoms with Gasteiger partial charge in [0.2, 0.25) is 20.0 Å². The molecule has 0 aliphatic rings. The van der Waals surface area contributed by atoms with Gasteiger partial charge in [0, 0.05) is 13.1 Å². The molecule has 0 aliphatic carbocycles. The molecule has 0 bridgehead atoms. The van der Waals surface area contributed by atoms with Crippen molar-refractivity contribution in [2.75, 3.05) is 31.6 Å². The molecule has 0 fully saturated rings. The van der Waals surface area contributed by atoms with Crippen LogP contribution >= 0.6 is 0 Å². The summed E-state index contributed by atoms with van der Waals surface area (Å²) in [5.74, 6) is 0.0169. The molecule has 0 amide bonds. The molecule has 0 saturated carbocycles. The van der Waals surface area contributed by atoms with Crippen LogP contribution in [0.15, 0.2) is 0 Å². The summed E-state index contributed by atoms with van der Waals surface area (Å²) in [6.45, 7) is 0.568. The minimum absolute atomic E-state index is 0.0169. The van der Waals surface area contributed by atoms with Crippen LogP contribution in [0.25, 0.3) is 0 Å². The van der Waals surface area contributed by atoms with Crippen LogP contribution in [-0.4, -0.2) is 48.5 Å². The van der Waals surface area contributed by atoms with Gasteiger partial charge in [-0.3, -0.25) is 0 Å². The Balaban J connectivity index is 3.75. The van der Waals surface area contributed by atoms with Crippen LogP contribution in [-0.2, 0) is 20.0 Å². The zero-order chi connectivity index (χ0) is 12.7. The Hall–Kier alpha value is -0.220. The Morgan fingerprint density at radius 3 is 2.06 bits per heavy atom. The summed E-state index contributed by atoms with van der Waals surface area (Å²) in [5, 5.41) is 0. The fourth-order valence-corrected chi connectivity index (χ4v) is 2.57. The first kappa shape index (κ1) is 15.8. The van der Waals surface area contributed by atoms with Gasteiger partial charge in [0.15, 0.2) is 0 Å². The van der Waals surface area contributed by atoms with Crippen molar-refractivity contribution in [3.05, 3.63) is 0 Å². The van der Waals surface area contributed by atoms with Crippen molar-refractivity contribution in [2.24, 2.45) is 5.73 Å². The van der Waals surface area contributed by atoms with E-state index in [0.29, 0.717) is 19.4 Å². The number of sulfonamides is 2. The lowest BCUT2D eigenvalue weighted by atomic mass is 10.3. The lowest BCUT2D eigenvalue weighted by Gasteiger charge is -2.06. The molecule has 9 heteroatoms. The minimum Gasteiger partial charge on any atom is -0.330 e. The molecule has 16 heavy (non-hydrogen) atoms. The number of nitrogens with two attached hydrogens (primary N) is 1. The van der Waals surface area contributed by atoms with Crippen LogP contribution in [0.3, 0.4) is 0 Å². The van der Waals surface area contributed by atoms with E-state index in [1.807, 2.05) is 0 Å². The Kier molecular flexibility index (Phi) is 7.07. The molecular formula is C7H19N3O4S2. The molecule has 0 aromatic heterocycles. The zero-order valence-corrected chi connectivity index (χ0v) is 10.9. The van der Waals surface area contributed by atoms with Crippen molar-refractivity contribution in [2.45, 2.75) is 12.8 Å². The number of rotatable bonds is 9. The van der Waals surface area contributed by atoms with E-state index in [0.717, 1.165) is 6.26 Å². The highest BCUT2D eigenvalue weighted by molar-refractivity contribution is 7.89. The van der Waals surface area contributed by atoms with Gasteiger partial charge in [-0.1, -0.05) is 0 Å². The van der Waals surface area contributed by atoms with E-state index in [-0.39, 0.29) is 18.8 Å². The normalized spacial score (nSPS) is 12.9. The molecule has 4 N–H and O–H groups in total. The zero-order valence-electron chi connectivity index (χ0n) is 9.27. The molecule has 7 nitrogen and oxygen atoms in total. The SMILES string of the molecule is CS(=O)(=O)NCCNS(=O)(=O)CCCCN. The first-order chi connectivity index (χ1) is 7.27. The summed E-state index contributed by atoms with van der Waals surface area (Å²) < 4.78 is 48.4. The van der Waals surface area contributed by atoms with Gasteiger partial charge in [-0.05, 0) is 19.4 Å². The third-order valence-electron chi connectivity index (χ3n) is 1.68. The van der Waals surface area contributed by atoms with E-state index in [1.165, 1.54) is 0 Å². The van der Waals surface area contributed by atoms with E-state index >= 15 is 0 Å². The number of hydrogen-bond donors (Lipinski definition) is 3. The lowest BCUT2D eigenvalue weighted by Crippen LogP contribution is -2.35. The van der Waals surface area contributed by atoms with Crippen molar-refractivity contribution >= 4 is 20.0 Å². The van der Waals surface area contributed by atoms with Gasteiger partial charge in [-0.2, -0.15) is 0 Å². The van der Waals surface area contributed by atoms with Gasteiger partial charge < -0.3 is 5.73 Å². The maximum atomic E-state index is 11.3. The molecule has 0 aromatic rings. The van der Waals surface area contributed by atoms with Crippen molar-refractivity contribution < 1.29 is 16.8 Å². The fourth-order valence-electron chi connectivity index (χ4n) is 0.952. The fraction of sp³-hybridized carbons (Fsp3) is 1.00. The second-order valence-corrected chi connectivity index (χ2v) is 7.13. The molecule has 0 aliphatic heterocycles. The van der Waals surface area contributed by atoms with E-state index in [1.54, 1.807) is 0 Å². The predicted molar refractivity (Wildman–Crippen MR) is 62.9 cm³/mol. The Morgan fingerprint density at radius 1 is 1.00 bits per heavy atom. The van der Waals surface area contributed by atoms with E-state index in [2.05, 4.69) is 9.44 Å². The average molecular weight is 273 g/mol. The Bertz CT molecular complexity index is 376. The first-order valence-corrected chi connectivity index (χ1v) is 8.43. The smallest absolute Gasteiger partial charge is 0.211 e. The number of hydrogen-bond acceptors (Lipinski definition) is 5. The summed E-state index contributed by atoms with van der Waals surface area (Å²) >= 11 is 0. The monoisotopic (exact) mass is 273 g/mol. The highest BCUT2D eigenvalue weighted by Gasteiger charge is 2.08. The third-order valence-corrected chi connectivity index (χ3v) is 3.88. The topological polar surface area (TPSA) is 118 Å². The van der Waals surface area contributed by atoms with Crippen molar-refractivity contribution in [3.8, 4) is 0 Å². The van der Waals surface area contributed by atoms with Crippen LogP contribution in [0.2, 0.25) is 0 Å². The molecular weight excluding hydrogens is 254 g/mol. The number of unbranched alkanes of at least 4 members (excludes halogenated alkanes) is 1. The molecule has 0 saturated heterocycles. The maximum absolute atomic E-state index is 11.3. The molecule has 0 atom stereocenters. The Morgan fingerprint density at radius 2 is 1.56 bits per heavy atom. The molecule has 0 radical (unpaired) electrons. The van der Waals surface area contributed by atoms with Crippen molar-refractivity contribution in [1.29, 1.82) is 0 Å². The van der Waals surface area contributed by atoms with Gasteiger partial charge in [0.1, 0.15) is 0 Å². The highest BCUT2D eigenvalue weighted by atomic mass is 32.2. The average Bonchev–Trinajstić information content (AvgIpc) is 2.11. The Labute approximate surface area is 96.9 Å². The molecule has 0 spiro atoms. The van der Waals surface area contributed by atoms with Crippen LogP contribution < -0.4 is 15.2 Å². The predicted octanol–water partition coefficient (Wildman–Crippen LogP) is -1.81. The first-order valence-electron chi connectivity index (χ1n) is 4.89. The minimum atomic E-state index is -3.31. The summed E-state index contributed by atoms with van der Waals surface area (Å²) in [6, 6.07) is 0. The summed E-state index contributed by atoms with van der Waals surface area (Å²) in [7, 11) is -6.58. The molecule has 0 rings (SSSR count). The standard InChI is InChI=1S/C7H19N3O4S2/c1-15(11,12)9-5-6-10-16(13,14)7-3-2-4-8/h9-10H,2-8H2,1H3. The number of nitrogens with one attached hydrogen (secondary N) is 2.